The number of hydrogen-bond donors (Lipinski definition) is 1. The zero-order valence-electron chi connectivity index (χ0n) is 17.1. The molecule has 0 spiro atoms. The SMILES string of the molecule is CC=N/C(=C\c1ccn(S(=O)(=O)C2=CC=CC=CC2)c1)NC(=O)OCC(C)(C)C. The van der Waals surface area contributed by atoms with Crippen molar-refractivity contribution >= 4 is 28.4 Å². The highest BCUT2D eigenvalue weighted by atomic mass is 32.2. The van der Waals surface area contributed by atoms with Crippen molar-refractivity contribution in [3.05, 3.63) is 65.1 Å². The molecule has 0 aliphatic heterocycles. The Balaban J connectivity index is 2.19. The summed E-state index contributed by atoms with van der Waals surface area (Å²) >= 11 is 0. The maximum atomic E-state index is 12.8. The number of carbonyl (C=O) groups excluding carboxylic acids is 1. The molecule has 1 heterocycles. The number of rotatable bonds is 6. The van der Waals surface area contributed by atoms with Gasteiger partial charge in [-0.05, 0) is 36.1 Å². The monoisotopic (exact) mass is 417 g/mol. The van der Waals surface area contributed by atoms with E-state index in [4.69, 9.17) is 4.74 Å². The van der Waals surface area contributed by atoms with Gasteiger partial charge in [-0.2, -0.15) is 0 Å². The number of amides is 1. The van der Waals surface area contributed by atoms with Gasteiger partial charge in [0.25, 0.3) is 10.0 Å². The molecule has 2 rings (SSSR count). The van der Waals surface area contributed by atoms with Crippen molar-refractivity contribution in [2.75, 3.05) is 6.61 Å². The van der Waals surface area contributed by atoms with E-state index >= 15 is 0 Å². The summed E-state index contributed by atoms with van der Waals surface area (Å²) in [7, 11) is -3.67. The van der Waals surface area contributed by atoms with Crippen LogP contribution in [0, 0.1) is 5.41 Å². The van der Waals surface area contributed by atoms with Crippen LogP contribution in [0.4, 0.5) is 4.79 Å². The van der Waals surface area contributed by atoms with Gasteiger partial charge in [-0.3, -0.25) is 5.32 Å². The lowest BCUT2D eigenvalue weighted by atomic mass is 9.99. The molecule has 8 heteroatoms. The molecule has 1 aromatic rings. The highest BCUT2D eigenvalue weighted by Gasteiger charge is 2.19. The van der Waals surface area contributed by atoms with Crippen molar-refractivity contribution in [1.82, 2.24) is 9.29 Å². The lowest BCUT2D eigenvalue weighted by Gasteiger charge is -2.17. The predicted molar refractivity (Wildman–Crippen MR) is 116 cm³/mol. The van der Waals surface area contributed by atoms with Crippen molar-refractivity contribution in [2.24, 2.45) is 10.4 Å². The van der Waals surface area contributed by atoms with Gasteiger partial charge >= 0.3 is 6.09 Å². The van der Waals surface area contributed by atoms with Gasteiger partial charge in [0.15, 0.2) is 0 Å². The van der Waals surface area contributed by atoms with Gasteiger partial charge in [0, 0.05) is 25.0 Å². The van der Waals surface area contributed by atoms with Gasteiger partial charge in [-0.25, -0.2) is 22.2 Å². The summed E-state index contributed by atoms with van der Waals surface area (Å²) in [6.07, 6.45) is 14.4. The summed E-state index contributed by atoms with van der Waals surface area (Å²) in [5.41, 5.74) is 0.420. The molecule has 156 valence electrons. The summed E-state index contributed by atoms with van der Waals surface area (Å²) in [5, 5.41) is 2.57. The molecule has 0 fully saturated rings. The standard InChI is InChI=1S/C21H27N3O4S/c1-5-22-19(23-20(25)28-16-21(2,3)4)14-17-12-13-24(15-17)29(26,27)18-10-8-6-7-9-11-18/h5-10,12-15H,11,16H2,1-4H3,(H,23,25)/b19-14+,22-5?. The van der Waals surface area contributed by atoms with Gasteiger partial charge in [0.05, 0.1) is 11.5 Å². The number of alkyl carbamates (subject to hydrolysis) is 1. The first-order valence-corrected chi connectivity index (χ1v) is 10.7. The molecule has 1 aliphatic carbocycles. The van der Waals surface area contributed by atoms with E-state index in [-0.39, 0.29) is 17.8 Å². The first-order chi connectivity index (χ1) is 13.6. The summed E-state index contributed by atoms with van der Waals surface area (Å²) in [4.78, 5) is 16.4. The molecule has 1 N–H and O–H groups in total. The molecule has 0 radical (unpaired) electrons. The van der Waals surface area contributed by atoms with Crippen molar-refractivity contribution < 1.29 is 17.9 Å². The van der Waals surface area contributed by atoms with E-state index in [9.17, 15) is 13.2 Å². The fourth-order valence-corrected chi connectivity index (χ4v) is 3.65. The zero-order chi connectivity index (χ0) is 21.5. The third kappa shape index (κ3) is 6.90. The summed E-state index contributed by atoms with van der Waals surface area (Å²) in [6.45, 7) is 7.85. The Morgan fingerprint density at radius 2 is 2.07 bits per heavy atom. The number of nitrogens with zero attached hydrogens (tertiary/aromatic N) is 2. The largest absolute Gasteiger partial charge is 0.449 e. The number of nitrogens with one attached hydrogen (secondary N) is 1. The van der Waals surface area contributed by atoms with E-state index in [1.807, 2.05) is 26.8 Å². The Kier molecular flexibility index (Phi) is 7.39. The quantitative estimate of drug-likeness (QED) is 0.702. The normalized spacial score (nSPS) is 15.3. The zero-order valence-corrected chi connectivity index (χ0v) is 17.9. The van der Waals surface area contributed by atoms with Gasteiger partial charge in [-0.15, -0.1) is 0 Å². The highest BCUT2D eigenvalue weighted by Crippen LogP contribution is 2.19. The van der Waals surface area contributed by atoms with Crippen molar-refractivity contribution in [3.8, 4) is 0 Å². The molecule has 1 aromatic heterocycles. The van der Waals surface area contributed by atoms with Crippen LogP contribution < -0.4 is 5.32 Å². The Hall–Kier alpha value is -2.87. The van der Waals surface area contributed by atoms with E-state index in [2.05, 4.69) is 10.3 Å². The van der Waals surface area contributed by atoms with Crippen LogP contribution in [-0.4, -0.2) is 31.3 Å². The van der Waals surface area contributed by atoms with Crippen LogP contribution in [0.2, 0.25) is 0 Å². The maximum absolute atomic E-state index is 12.8. The lowest BCUT2D eigenvalue weighted by molar-refractivity contribution is 0.108. The lowest BCUT2D eigenvalue weighted by Crippen LogP contribution is -2.27. The number of aromatic nitrogens is 1. The molecule has 0 aromatic carbocycles. The van der Waals surface area contributed by atoms with E-state index < -0.39 is 16.1 Å². The van der Waals surface area contributed by atoms with E-state index in [1.54, 1.807) is 43.4 Å². The number of allylic oxidation sites excluding steroid dienone is 6. The minimum atomic E-state index is -3.67. The molecule has 1 amide bonds. The van der Waals surface area contributed by atoms with Crippen LogP contribution in [0.5, 0.6) is 0 Å². The molecule has 0 saturated carbocycles. The Labute approximate surface area is 172 Å². The van der Waals surface area contributed by atoms with Crippen LogP contribution in [0.25, 0.3) is 6.08 Å². The Bertz CT molecular complexity index is 987. The van der Waals surface area contributed by atoms with E-state index in [0.29, 0.717) is 16.9 Å². The number of aliphatic imine (C=N–C) groups is 1. The number of ether oxygens (including phenoxy) is 1. The van der Waals surface area contributed by atoms with Crippen LogP contribution in [-0.2, 0) is 14.8 Å². The van der Waals surface area contributed by atoms with Crippen LogP contribution >= 0.6 is 0 Å². The van der Waals surface area contributed by atoms with Crippen LogP contribution in [0.3, 0.4) is 0 Å². The molecule has 1 aliphatic rings. The average Bonchev–Trinajstić information content (AvgIpc) is 2.92. The molecule has 7 nitrogen and oxygen atoms in total. The first-order valence-electron chi connectivity index (χ1n) is 9.22. The Morgan fingerprint density at radius 1 is 1.31 bits per heavy atom. The topological polar surface area (TPSA) is 89.8 Å². The second-order valence-corrected chi connectivity index (χ2v) is 9.50. The molecule has 29 heavy (non-hydrogen) atoms. The first kappa shape index (κ1) is 22.4. The summed E-state index contributed by atoms with van der Waals surface area (Å²) in [5.74, 6) is 0.251. The molecule has 0 bridgehead atoms. The van der Waals surface area contributed by atoms with Gasteiger partial charge in [-0.1, -0.05) is 45.1 Å². The van der Waals surface area contributed by atoms with Crippen LogP contribution in [0.15, 0.2) is 64.6 Å². The molecular formula is C21H27N3O4S. The summed E-state index contributed by atoms with van der Waals surface area (Å²) < 4.78 is 32.0. The minimum Gasteiger partial charge on any atom is -0.449 e. The third-order valence-electron chi connectivity index (χ3n) is 3.70. The average molecular weight is 418 g/mol. The molecule has 0 atom stereocenters. The fourth-order valence-electron chi connectivity index (χ4n) is 2.34. The van der Waals surface area contributed by atoms with E-state index in [1.165, 1.54) is 18.6 Å². The Morgan fingerprint density at radius 3 is 2.76 bits per heavy atom. The smallest absolute Gasteiger partial charge is 0.412 e. The predicted octanol–water partition coefficient (Wildman–Crippen LogP) is 4.23. The van der Waals surface area contributed by atoms with E-state index in [0.717, 1.165) is 3.97 Å². The van der Waals surface area contributed by atoms with Crippen molar-refractivity contribution in [2.45, 2.75) is 34.1 Å². The van der Waals surface area contributed by atoms with Crippen molar-refractivity contribution in [1.29, 1.82) is 0 Å². The third-order valence-corrected chi connectivity index (χ3v) is 5.44. The second-order valence-electron chi connectivity index (χ2n) is 7.61. The number of hydrogen-bond acceptors (Lipinski definition) is 5. The second kappa shape index (κ2) is 9.56. The van der Waals surface area contributed by atoms with Gasteiger partial charge in [0.2, 0.25) is 0 Å². The molecule has 0 saturated heterocycles. The fraction of sp³-hybridized carbons (Fsp3) is 0.333. The minimum absolute atomic E-state index is 0.155. The van der Waals surface area contributed by atoms with Crippen LogP contribution in [0.1, 0.15) is 39.7 Å². The van der Waals surface area contributed by atoms with Crippen molar-refractivity contribution in [3.63, 3.8) is 0 Å². The molecular weight excluding hydrogens is 390 g/mol. The number of carbonyl (C=O) groups is 1. The van der Waals surface area contributed by atoms with Gasteiger partial charge in [0.1, 0.15) is 5.82 Å². The molecule has 0 unspecified atom stereocenters. The highest BCUT2D eigenvalue weighted by molar-refractivity contribution is 7.93. The van der Waals surface area contributed by atoms with Gasteiger partial charge < -0.3 is 4.74 Å². The summed E-state index contributed by atoms with van der Waals surface area (Å²) in [6, 6.07) is 1.63. The maximum Gasteiger partial charge on any atom is 0.412 e.